The third-order valence-electron chi connectivity index (χ3n) is 7.15. The summed E-state index contributed by atoms with van der Waals surface area (Å²) in [5.41, 5.74) is 12.1. The molecule has 14 heteroatoms. The summed E-state index contributed by atoms with van der Waals surface area (Å²) >= 11 is 1.48. The highest BCUT2D eigenvalue weighted by Crippen LogP contribution is 2.51. The van der Waals surface area contributed by atoms with Crippen LogP contribution in [0.15, 0.2) is 53.9 Å². The Morgan fingerprint density at radius 3 is 2.34 bits per heavy atom. The van der Waals surface area contributed by atoms with Gasteiger partial charge in [0.1, 0.15) is 12.5 Å². The molecule has 0 radical (unpaired) electrons. The van der Waals surface area contributed by atoms with Crippen molar-refractivity contribution in [2.75, 3.05) is 27.4 Å². The number of rotatable bonds is 8. The molecule has 1 saturated heterocycles. The van der Waals surface area contributed by atoms with Gasteiger partial charge in [0.2, 0.25) is 18.7 Å². The van der Waals surface area contributed by atoms with E-state index in [2.05, 4.69) is 22.7 Å². The van der Waals surface area contributed by atoms with Crippen LogP contribution in [0.5, 0.6) is 0 Å². The maximum atomic E-state index is 14.5. The van der Waals surface area contributed by atoms with Gasteiger partial charge in [-0.15, -0.1) is 11.3 Å². The summed E-state index contributed by atoms with van der Waals surface area (Å²) in [5, 5.41) is 18.5. The zero-order valence-corrected chi connectivity index (χ0v) is 27.8. The molecule has 2 aliphatic rings. The van der Waals surface area contributed by atoms with Gasteiger partial charge in [-0.3, -0.25) is 19.8 Å². The van der Waals surface area contributed by atoms with E-state index >= 15 is 0 Å². The lowest BCUT2D eigenvalue weighted by Crippen LogP contribution is -2.34. The number of carbonyl (C=O) groups is 3. The van der Waals surface area contributed by atoms with Crippen molar-refractivity contribution in [2.45, 2.75) is 57.7 Å². The first kappa shape index (κ1) is 40.8. The smallest absolute Gasteiger partial charge is 0.299 e. The molecular weight excluding hydrogens is 635 g/mol. The van der Waals surface area contributed by atoms with Gasteiger partial charge in [0.05, 0.1) is 19.1 Å². The largest absolute Gasteiger partial charge is 0.400 e. The van der Waals surface area contributed by atoms with Gasteiger partial charge >= 0.3 is 0 Å². The van der Waals surface area contributed by atoms with Gasteiger partial charge in [0.25, 0.3) is 5.92 Å². The highest BCUT2D eigenvalue weighted by molar-refractivity contribution is 7.10. The zero-order valence-electron chi connectivity index (χ0n) is 27.0. The molecule has 10 nitrogen and oxygen atoms in total. The third kappa shape index (κ3) is 11.8. The maximum absolute atomic E-state index is 14.5. The van der Waals surface area contributed by atoms with Crippen LogP contribution >= 0.6 is 11.3 Å². The highest BCUT2D eigenvalue weighted by atomic mass is 32.1. The van der Waals surface area contributed by atoms with Crippen LogP contribution in [0.25, 0.3) is 11.1 Å². The lowest BCUT2D eigenvalue weighted by atomic mass is 10.0. The van der Waals surface area contributed by atoms with E-state index in [1.54, 1.807) is 48.7 Å². The fourth-order valence-electron chi connectivity index (χ4n) is 4.73. The van der Waals surface area contributed by atoms with Crippen molar-refractivity contribution in [3.05, 3.63) is 81.0 Å². The number of nitrogens with two attached hydrogens (primary N) is 2. The quantitative estimate of drug-likeness (QED) is 0.135. The number of nitrogens with zero attached hydrogens (tertiary/aromatic N) is 1. The van der Waals surface area contributed by atoms with Gasteiger partial charge in [-0.2, -0.15) is 8.78 Å². The van der Waals surface area contributed by atoms with Gasteiger partial charge in [-0.05, 0) is 49.4 Å². The first-order chi connectivity index (χ1) is 22.4. The molecule has 2 heterocycles. The Labute approximate surface area is 277 Å². The number of benzene rings is 2. The second-order valence-corrected chi connectivity index (χ2v) is 11.3. The average molecular weight is 680 g/mol. The molecule has 258 valence electrons. The number of likely N-dealkylation sites (tertiary alicyclic amines) is 1. The molecule has 3 aromatic rings. The summed E-state index contributed by atoms with van der Waals surface area (Å²) in [5.74, 6) is -2.82. The van der Waals surface area contributed by atoms with Crippen LogP contribution in [-0.4, -0.2) is 74.2 Å². The number of ether oxygens (including phenoxy) is 1. The molecule has 1 aliphatic heterocycles. The Hall–Kier alpha value is -4.27. The van der Waals surface area contributed by atoms with Crippen molar-refractivity contribution in [2.24, 2.45) is 11.5 Å². The van der Waals surface area contributed by atoms with Crippen LogP contribution in [0.2, 0.25) is 0 Å². The normalized spacial score (nSPS) is 15.2. The van der Waals surface area contributed by atoms with Crippen LogP contribution in [-0.2, 0) is 38.0 Å². The van der Waals surface area contributed by atoms with E-state index in [9.17, 15) is 22.8 Å². The highest BCUT2D eigenvalue weighted by Gasteiger charge is 2.44. The number of aliphatic hydroxyl groups is 1. The second-order valence-electron chi connectivity index (χ2n) is 10.3. The van der Waals surface area contributed by atoms with Crippen molar-refractivity contribution in [3.8, 4) is 11.1 Å². The number of carbonyl (C=O) groups excluding carboxylic acids is 3. The molecule has 2 atom stereocenters. The summed E-state index contributed by atoms with van der Waals surface area (Å²) in [4.78, 5) is 33.9. The number of halogens is 3. The standard InChI is InChI=1S/C20H19F2NO.C7H9N3OS.C4H9FO.CH3NO.CH4O/c1-13-5-4-10-23(13)19(24)12-14-8-9-18-16(11-14)15-6-2-3-7-17(15)20(18,21)22;8-7(9)5-1-6(12-3-5)2-10-4-11;1-4(3-5)6-2;2-1-3;1-2/h2-3,6-9,11,13H,4-5,10,12H2,1H3;1,3-4H,2H2,(H3,8,9)(H,10,11);4H,3H2,1-2H3;1H,(H2,2,3);2H,1H3. The second kappa shape index (κ2) is 20.8. The Kier molecular flexibility index (Phi) is 18.0. The van der Waals surface area contributed by atoms with E-state index in [0.717, 1.165) is 36.9 Å². The van der Waals surface area contributed by atoms with E-state index < -0.39 is 12.6 Å². The molecule has 1 aliphatic carbocycles. The Balaban J connectivity index is 0.000000401. The van der Waals surface area contributed by atoms with E-state index in [4.69, 9.17) is 21.0 Å². The fraction of sp³-hybridized carbons (Fsp3) is 0.394. The Bertz CT molecular complexity index is 1440. The average Bonchev–Trinajstić information content (AvgIpc) is 3.79. The number of amidine groups is 1. The summed E-state index contributed by atoms with van der Waals surface area (Å²) < 4.78 is 44.9. The number of thiophene rings is 1. The van der Waals surface area contributed by atoms with E-state index in [-0.39, 0.29) is 47.8 Å². The minimum Gasteiger partial charge on any atom is -0.400 e. The number of nitrogens with one attached hydrogen (secondary N) is 2. The minimum atomic E-state index is -2.96. The van der Waals surface area contributed by atoms with Crippen molar-refractivity contribution in [1.29, 1.82) is 5.41 Å². The number of amides is 3. The molecule has 1 aromatic heterocycles. The number of fused-ring (bicyclic) bond motifs is 3. The SMILES string of the molecule is CC1CCCN1C(=O)Cc1ccc2c(c1)-c1ccccc1C2(F)F.CO.COC(C)CF.N=C(N)c1csc(CNC=O)c1.NC=O. The molecule has 1 fully saturated rings. The van der Waals surface area contributed by atoms with Crippen molar-refractivity contribution in [3.63, 3.8) is 0 Å². The van der Waals surface area contributed by atoms with E-state index in [1.165, 1.54) is 30.6 Å². The molecule has 7 N–H and O–H groups in total. The lowest BCUT2D eigenvalue weighted by Gasteiger charge is -2.21. The van der Waals surface area contributed by atoms with Gasteiger partial charge in [-0.1, -0.05) is 42.5 Å². The topological polar surface area (TPSA) is 172 Å². The van der Waals surface area contributed by atoms with Gasteiger partial charge in [0, 0.05) is 53.8 Å². The van der Waals surface area contributed by atoms with Crippen LogP contribution in [0.3, 0.4) is 0 Å². The van der Waals surface area contributed by atoms with Crippen LogP contribution in [0.1, 0.15) is 53.8 Å². The fourth-order valence-corrected chi connectivity index (χ4v) is 5.57. The number of primary amides is 1. The first-order valence-corrected chi connectivity index (χ1v) is 15.5. The van der Waals surface area contributed by atoms with Crippen molar-refractivity contribution < 1.29 is 37.4 Å². The lowest BCUT2D eigenvalue weighted by molar-refractivity contribution is -0.131. The number of hydrogen-bond acceptors (Lipinski definition) is 7. The van der Waals surface area contributed by atoms with Crippen LogP contribution < -0.4 is 16.8 Å². The van der Waals surface area contributed by atoms with Crippen LogP contribution in [0.4, 0.5) is 13.2 Å². The molecule has 2 aromatic carbocycles. The third-order valence-corrected chi connectivity index (χ3v) is 8.09. The van der Waals surface area contributed by atoms with Gasteiger partial charge in [0.15, 0.2) is 0 Å². The first-order valence-electron chi connectivity index (χ1n) is 14.6. The summed E-state index contributed by atoms with van der Waals surface area (Å²) in [6.45, 7) is 4.65. The number of aliphatic hydroxyl groups excluding tert-OH is 1. The van der Waals surface area contributed by atoms with Crippen LogP contribution in [0, 0.1) is 5.41 Å². The van der Waals surface area contributed by atoms with E-state index in [1.807, 2.05) is 4.90 Å². The summed E-state index contributed by atoms with van der Waals surface area (Å²) in [7, 11) is 2.49. The zero-order chi connectivity index (χ0) is 35.6. The summed E-state index contributed by atoms with van der Waals surface area (Å²) in [6, 6.07) is 13.6. The van der Waals surface area contributed by atoms with E-state index in [0.29, 0.717) is 29.6 Å². The number of hydrogen-bond donors (Lipinski definition) is 5. The molecule has 0 bridgehead atoms. The van der Waals surface area contributed by atoms with Crippen molar-refractivity contribution >= 4 is 35.9 Å². The Morgan fingerprint density at radius 1 is 1.19 bits per heavy atom. The van der Waals surface area contributed by atoms with Gasteiger partial charge in [-0.25, -0.2) is 4.39 Å². The predicted molar refractivity (Wildman–Crippen MR) is 178 cm³/mol. The summed E-state index contributed by atoms with van der Waals surface area (Å²) in [6.07, 6.45) is 3.01. The molecule has 2 unspecified atom stereocenters. The molecule has 3 amide bonds. The molecular formula is C33H44F3N5O5S. The molecule has 0 saturated carbocycles. The molecule has 5 rings (SSSR count). The number of alkyl halides is 3. The molecule has 0 spiro atoms. The minimum absolute atomic E-state index is 0.0365. The monoisotopic (exact) mass is 679 g/mol. The molecule has 47 heavy (non-hydrogen) atoms. The Morgan fingerprint density at radius 2 is 1.83 bits per heavy atom. The van der Waals surface area contributed by atoms with Crippen molar-refractivity contribution in [1.82, 2.24) is 10.2 Å². The maximum Gasteiger partial charge on any atom is 0.299 e. The number of methoxy groups -OCH3 is 1. The number of nitrogen functional groups attached to an aromatic ring is 1. The predicted octanol–water partition coefficient (Wildman–Crippen LogP) is 4.34. The van der Waals surface area contributed by atoms with Gasteiger partial charge < -0.3 is 31.5 Å².